The molecule has 1 atom stereocenters. The fourth-order valence-corrected chi connectivity index (χ4v) is 3.58. The average Bonchev–Trinajstić information content (AvgIpc) is 2.73. The first kappa shape index (κ1) is 20.9. The van der Waals surface area contributed by atoms with Crippen molar-refractivity contribution >= 4 is 35.2 Å². The lowest BCUT2D eigenvalue weighted by molar-refractivity contribution is -0.385. The lowest BCUT2D eigenvalue weighted by atomic mass is 9.72. The number of piperidine rings is 1. The van der Waals surface area contributed by atoms with Crippen LogP contribution < -0.4 is 10.6 Å². The quantitative estimate of drug-likeness (QED) is 0.330. The molecule has 0 bridgehead atoms. The largest absolute Gasteiger partial charge is 0.323 e. The van der Waals surface area contributed by atoms with Crippen molar-refractivity contribution in [3.63, 3.8) is 0 Å². The number of nitro benzene ring substituents is 1. The van der Waals surface area contributed by atoms with Crippen LogP contribution in [0.5, 0.6) is 0 Å². The van der Waals surface area contributed by atoms with E-state index >= 15 is 0 Å². The Kier molecular flexibility index (Phi) is 6.06. The van der Waals surface area contributed by atoms with Crippen LogP contribution in [0.4, 0.5) is 11.4 Å². The zero-order chi connectivity index (χ0) is 21.7. The van der Waals surface area contributed by atoms with Crippen molar-refractivity contribution in [2.75, 3.05) is 5.32 Å². The van der Waals surface area contributed by atoms with E-state index in [0.717, 1.165) is 5.56 Å². The van der Waals surface area contributed by atoms with Crippen molar-refractivity contribution in [1.29, 1.82) is 0 Å². The minimum absolute atomic E-state index is 0.0833. The number of carbonyl (C=O) groups excluding carboxylic acids is 3. The van der Waals surface area contributed by atoms with Crippen molar-refractivity contribution < 1.29 is 19.3 Å². The van der Waals surface area contributed by atoms with E-state index in [1.165, 1.54) is 18.2 Å². The first-order chi connectivity index (χ1) is 14.4. The Labute approximate surface area is 173 Å². The molecule has 3 rings (SSSR count). The monoisotopic (exact) mass is 407 g/mol. The van der Waals surface area contributed by atoms with E-state index in [0.29, 0.717) is 24.1 Å². The summed E-state index contributed by atoms with van der Waals surface area (Å²) in [5.74, 6) is -1.00. The molecule has 2 aromatic rings. The van der Waals surface area contributed by atoms with Gasteiger partial charge in [-0.05, 0) is 42.7 Å². The molecule has 0 aromatic heterocycles. The van der Waals surface area contributed by atoms with Gasteiger partial charge in [0.1, 0.15) is 0 Å². The number of nitrogens with zero attached hydrogens (tertiary/aromatic N) is 1. The highest BCUT2D eigenvalue weighted by Gasteiger charge is 2.42. The fraction of sp³-hybridized carbons (Fsp3) is 0.227. The molecule has 1 heterocycles. The highest BCUT2D eigenvalue weighted by Crippen LogP contribution is 2.36. The molecule has 0 spiro atoms. The summed E-state index contributed by atoms with van der Waals surface area (Å²) in [6, 6.07) is 13.0. The van der Waals surface area contributed by atoms with Gasteiger partial charge in [-0.15, -0.1) is 0 Å². The standard InChI is InChI=1S/C22H21N3O5/c1-2-22(14-13-20(27)24-21(22)28)16-8-10-17(11-9-16)23-19(26)12-7-15-5-3-4-6-18(15)25(29)30/h3-12H,2,13-14H2,1H3,(H,23,26)(H,24,27,28). The maximum absolute atomic E-state index is 12.5. The fourth-order valence-electron chi connectivity index (χ4n) is 3.58. The molecule has 2 N–H and O–H groups in total. The van der Waals surface area contributed by atoms with E-state index in [2.05, 4.69) is 10.6 Å². The third-order valence-corrected chi connectivity index (χ3v) is 5.32. The van der Waals surface area contributed by atoms with E-state index in [1.807, 2.05) is 6.92 Å². The normalized spacial score (nSPS) is 18.8. The van der Waals surface area contributed by atoms with Crippen LogP contribution in [0.3, 0.4) is 0 Å². The average molecular weight is 407 g/mol. The number of nitrogens with one attached hydrogen (secondary N) is 2. The predicted octanol–water partition coefficient (Wildman–Crippen LogP) is 3.33. The summed E-state index contributed by atoms with van der Waals surface area (Å²) in [5.41, 5.74) is 0.788. The number of amides is 3. The van der Waals surface area contributed by atoms with Gasteiger partial charge in [0.2, 0.25) is 17.7 Å². The Bertz CT molecular complexity index is 1030. The third kappa shape index (κ3) is 4.27. The molecule has 0 saturated carbocycles. The molecule has 1 unspecified atom stereocenters. The van der Waals surface area contributed by atoms with Gasteiger partial charge in [-0.3, -0.25) is 29.8 Å². The van der Waals surface area contributed by atoms with E-state index < -0.39 is 16.2 Å². The Morgan fingerprint density at radius 3 is 2.53 bits per heavy atom. The molecule has 30 heavy (non-hydrogen) atoms. The predicted molar refractivity (Wildman–Crippen MR) is 112 cm³/mol. The number of nitro groups is 1. The summed E-state index contributed by atoms with van der Waals surface area (Å²) >= 11 is 0. The third-order valence-electron chi connectivity index (χ3n) is 5.32. The van der Waals surface area contributed by atoms with Crippen molar-refractivity contribution in [1.82, 2.24) is 5.32 Å². The van der Waals surface area contributed by atoms with Gasteiger partial charge >= 0.3 is 0 Å². The zero-order valence-electron chi connectivity index (χ0n) is 16.4. The summed E-state index contributed by atoms with van der Waals surface area (Å²) in [4.78, 5) is 46.7. The van der Waals surface area contributed by atoms with Crippen LogP contribution in [-0.2, 0) is 19.8 Å². The molecule has 0 radical (unpaired) electrons. The molecule has 1 aliphatic rings. The first-order valence-corrected chi connectivity index (χ1v) is 9.53. The maximum atomic E-state index is 12.5. The number of carbonyl (C=O) groups is 3. The van der Waals surface area contributed by atoms with Gasteiger partial charge < -0.3 is 5.32 Å². The molecule has 154 valence electrons. The second-order valence-corrected chi connectivity index (χ2v) is 7.03. The number of rotatable bonds is 6. The summed E-state index contributed by atoms with van der Waals surface area (Å²) < 4.78 is 0. The zero-order valence-corrected chi connectivity index (χ0v) is 16.4. The minimum Gasteiger partial charge on any atom is -0.323 e. The molecular weight excluding hydrogens is 386 g/mol. The molecule has 3 amide bonds. The Hall–Kier alpha value is -3.81. The van der Waals surface area contributed by atoms with Crippen LogP contribution in [0.15, 0.2) is 54.6 Å². The number of para-hydroxylation sites is 1. The van der Waals surface area contributed by atoms with E-state index in [9.17, 15) is 24.5 Å². The molecule has 2 aromatic carbocycles. The Morgan fingerprint density at radius 1 is 1.20 bits per heavy atom. The number of hydrogen-bond donors (Lipinski definition) is 2. The van der Waals surface area contributed by atoms with Crippen LogP contribution in [0.1, 0.15) is 37.3 Å². The molecule has 1 fully saturated rings. The van der Waals surface area contributed by atoms with Crippen LogP contribution >= 0.6 is 0 Å². The Balaban J connectivity index is 1.71. The van der Waals surface area contributed by atoms with E-state index in [1.54, 1.807) is 42.5 Å². The van der Waals surface area contributed by atoms with Crippen LogP contribution in [-0.4, -0.2) is 22.6 Å². The van der Waals surface area contributed by atoms with E-state index in [-0.39, 0.29) is 23.9 Å². The SMILES string of the molecule is CCC1(c2ccc(NC(=O)C=Cc3ccccc3[N+](=O)[O-])cc2)CCC(=O)NC1=O. The second kappa shape index (κ2) is 8.69. The van der Waals surface area contributed by atoms with Gasteiger partial charge in [-0.1, -0.05) is 31.2 Å². The van der Waals surface area contributed by atoms with Gasteiger partial charge in [0.15, 0.2) is 0 Å². The Morgan fingerprint density at radius 2 is 1.90 bits per heavy atom. The number of anilines is 1. The minimum atomic E-state index is -0.761. The van der Waals surface area contributed by atoms with Gasteiger partial charge in [0.25, 0.3) is 5.69 Å². The summed E-state index contributed by atoms with van der Waals surface area (Å²) in [5, 5.41) is 16.1. The second-order valence-electron chi connectivity index (χ2n) is 7.03. The molecule has 0 aliphatic carbocycles. The van der Waals surface area contributed by atoms with Gasteiger partial charge in [0, 0.05) is 24.3 Å². The van der Waals surface area contributed by atoms with Crippen molar-refractivity contribution in [3.05, 3.63) is 75.8 Å². The van der Waals surface area contributed by atoms with Crippen LogP contribution in [0.25, 0.3) is 6.08 Å². The maximum Gasteiger partial charge on any atom is 0.276 e. The van der Waals surface area contributed by atoms with Crippen LogP contribution in [0, 0.1) is 10.1 Å². The number of imide groups is 1. The number of hydrogen-bond acceptors (Lipinski definition) is 5. The lowest BCUT2D eigenvalue weighted by Gasteiger charge is -2.35. The topological polar surface area (TPSA) is 118 Å². The van der Waals surface area contributed by atoms with Gasteiger partial charge in [-0.25, -0.2) is 0 Å². The van der Waals surface area contributed by atoms with Gasteiger partial charge in [0.05, 0.1) is 15.9 Å². The van der Waals surface area contributed by atoms with Crippen molar-refractivity contribution in [3.8, 4) is 0 Å². The van der Waals surface area contributed by atoms with Crippen molar-refractivity contribution in [2.45, 2.75) is 31.6 Å². The lowest BCUT2D eigenvalue weighted by Crippen LogP contribution is -2.51. The summed E-state index contributed by atoms with van der Waals surface area (Å²) in [7, 11) is 0. The first-order valence-electron chi connectivity index (χ1n) is 9.53. The highest BCUT2D eigenvalue weighted by atomic mass is 16.6. The smallest absolute Gasteiger partial charge is 0.276 e. The molecule has 8 nitrogen and oxygen atoms in total. The molecule has 8 heteroatoms. The molecular formula is C22H21N3O5. The highest BCUT2D eigenvalue weighted by molar-refractivity contribution is 6.04. The van der Waals surface area contributed by atoms with Crippen LogP contribution in [0.2, 0.25) is 0 Å². The molecule has 1 aliphatic heterocycles. The summed E-state index contributed by atoms with van der Waals surface area (Å²) in [6.45, 7) is 1.90. The summed E-state index contributed by atoms with van der Waals surface area (Å²) in [6.07, 6.45) is 3.89. The molecule has 1 saturated heterocycles. The number of benzene rings is 2. The van der Waals surface area contributed by atoms with Gasteiger partial charge in [-0.2, -0.15) is 0 Å². The van der Waals surface area contributed by atoms with E-state index in [4.69, 9.17) is 0 Å². The van der Waals surface area contributed by atoms with Crippen molar-refractivity contribution in [2.24, 2.45) is 0 Å².